The number of rotatable bonds is 4. The fraction of sp³-hybridized carbons (Fsp3) is 0.286. The zero-order chi connectivity index (χ0) is 12.4. The Kier molecular flexibility index (Phi) is 3.26. The molecular formula is C14H14ClN3. The van der Waals surface area contributed by atoms with Crippen molar-refractivity contribution in [1.29, 1.82) is 0 Å². The van der Waals surface area contributed by atoms with E-state index in [4.69, 9.17) is 11.6 Å². The molecule has 1 aromatic carbocycles. The average Bonchev–Trinajstić information content (AvgIpc) is 3.22. The predicted octanol–water partition coefficient (Wildman–Crippen LogP) is 3.05. The molecule has 0 radical (unpaired) electrons. The molecule has 1 aliphatic rings. The third-order valence-electron chi connectivity index (χ3n) is 3.02. The molecule has 0 bridgehead atoms. The number of nitrogens with zero attached hydrogens (tertiary/aromatic N) is 2. The molecule has 1 aromatic heterocycles. The summed E-state index contributed by atoms with van der Waals surface area (Å²) in [4.78, 5) is 8.73. The molecule has 1 aliphatic carbocycles. The van der Waals surface area contributed by atoms with Crippen LogP contribution in [0.1, 0.15) is 18.7 Å². The van der Waals surface area contributed by atoms with E-state index in [1.54, 1.807) is 0 Å². The van der Waals surface area contributed by atoms with E-state index in [2.05, 4.69) is 15.3 Å². The summed E-state index contributed by atoms with van der Waals surface area (Å²) in [5.74, 6) is 0.831. The zero-order valence-electron chi connectivity index (χ0n) is 9.94. The Hall–Kier alpha value is -1.45. The van der Waals surface area contributed by atoms with Crippen LogP contribution in [-0.4, -0.2) is 16.0 Å². The van der Waals surface area contributed by atoms with Crippen LogP contribution in [0.4, 0.5) is 0 Å². The van der Waals surface area contributed by atoms with Crippen molar-refractivity contribution in [3.63, 3.8) is 0 Å². The Morgan fingerprint density at radius 1 is 1.17 bits per heavy atom. The standard InChI is InChI=1S/C14H14ClN3/c15-13-4-2-1-3-12(13)10-7-17-14(18-8-10)9-16-11-5-6-11/h1-4,7-8,11,16H,5-6,9H2. The van der Waals surface area contributed by atoms with Gasteiger partial charge in [0.25, 0.3) is 0 Å². The summed E-state index contributed by atoms with van der Waals surface area (Å²) in [7, 11) is 0. The SMILES string of the molecule is Clc1ccccc1-c1cnc(CNC2CC2)nc1. The largest absolute Gasteiger partial charge is 0.307 e. The monoisotopic (exact) mass is 259 g/mol. The van der Waals surface area contributed by atoms with Crippen molar-refractivity contribution in [3.05, 3.63) is 47.5 Å². The van der Waals surface area contributed by atoms with Crippen LogP contribution in [0.15, 0.2) is 36.7 Å². The highest BCUT2D eigenvalue weighted by Gasteiger charge is 2.20. The van der Waals surface area contributed by atoms with Gasteiger partial charge in [-0.1, -0.05) is 29.8 Å². The van der Waals surface area contributed by atoms with Crippen molar-refractivity contribution in [2.24, 2.45) is 0 Å². The van der Waals surface area contributed by atoms with Crippen molar-refractivity contribution < 1.29 is 0 Å². The lowest BCUT2D eigenvalue weighted by Gasteiger charge is -2.05. The molecule has 0 unspecified atom stereocenters. The van der Waals surface area contributed by atoms with Crippen molar-refractivity contribution in [1.82, 2.24) is 15.3 Å². The van der Waals surface area contributed by atoms with Gasteiger partial charge in [-0.25, -0.2) is 9.97 Å². The van der Waals surface area contributed by atoms with Crippen LogP contribution in [-0.2, 0) is 6.54 Å². The van der Waals surface area contributed by atoms with Gasteiger partial charge >= 0.3 is 0 Å². The van der Waals surface area contributed by atoms with E-state index >= 15 is 0 Å². The summed E-state index contributed by atoms with van der Waals surface area (Å²) >= 11 is 6.14. The molecule has 18 heavy (non-hydrogen) atoms. The second kappa shape index (κ2) is 5.04. The number of nitrogens with one attached hydrogen (secondary N) is 1. The molecule has 1 heterocycles. The third kappa shape index (κ3) is 2.68. The lowest BCUT2D eigenvalue weighted by molar-refractivity contribution is 0.658. The van der Waals surface area contributed by atoms with E-state index in [1.165, 1.54) is 12.8 Å². The maximum absolute atomic E-state index is 6.14. The summed E-state index contributed by atoms with van der Waals surface area (Å²) in [6.07, 6.45) is 6.21. The Morgan fingerprint density at radius 3 is 2.56 bits per heavy atom. The van der Waals surface area contributed by atoms with Crippen molar-refractivity contribution >= 4 is 11.6 Å². The highest BCUT2D eigenvalue weighted by molar-refractivity contribution is 6.33. The summed E-state index contributed by atoms with van der Waals surface area (Å²) < 4.78 is 0. The van der Waals surface area contributed by atoms with Gasteiger partial charge in [-0.2, -0.15) is 0 Å². The van der Waals surface area contributed by atoms with Gasteiger partial charge in [0, 0.05) is 34.6 Å². The van der Waals surface area contributed by atoms with Gasteiger partial charge in [0.05, 0.1) is 6.54 Å². The molecule has 3 nitrogen and oxygen atoms in total. The Morgan fingerprint density at radius 2 is 1.89 bits per heavy atom. The Balaban J connectivity index is 1.75. The number of benzene rings is 1. The van der Waals surface area contributed by atoms with E-state index in [0.29, 0.717) is 6.04 Å². The van der Waals surface area contributed by atoms with E-state index < -0.39 is 0 Å². The highest BCUT2D eigenvalue weighted by atomic mass is 35.5. The first-order valence-corrected chi connectivity index (χ1v) is 6.50. The van der Waals surface area contributed by atoms with Gasteiger partial charge in [-0.15, -0.1) is 0 Å². The minimum absolute atomic E-state index is 0.678. The topological polar surface area (TPSA) is 37.8 Å². The van der Waals surface area contributed by atoms with Crippen LogP contribution >= 0.6 is 11.6 Å². The zero-order valence-corrected chi connectivity index (χ0v) is 10.7. The van der Waals surface area contributed by atoms with Crippen LogP contribution in [0.25, 0.3) is 11.1 Å². The van der Waals surface area contributed by atoms with E-state index in [0.717, 1.165) is 28.5 Å². The first-order chi connectivity index (χ1) is 8.83. The molecule has 3 rings (SSSR count). The minimum atomic E-state index is 0.678. The summed E-state index contributed by atoms with van der Waals surface area (Å²) in [5, 5.41) is 4.12. The molecule has 1 N–H and O–H groups in total. The van der Waals surface area contributed by atoms with Gasteiger partial charge in [0.2, 0.25) is 0 Å². The Bertz CT molecular complexity index is 535. The Labute approximate surface area is 111 Å². The fourth-order valence-corrected chi connectivity index (χ4v) is 2.05. The lowest BCUT2D eigenvalue weighted by Crippen LogP contribution is -2.17. The van der Waals surface area contributed by atoms with Crippen LogP contribution in [0.5, 0.6) is 0 Å². The summed E-state index contributed by atoms with van der Waals surface area (Å²) in [5.41, 5.74) is 1.93. The number of hydrogen-bond acceptors (Lipinski definition) is 3. The molecule has 0 aliphatic heterocycles. The molecule has 0 amide bonds. The predicted molar refractivity (Wildman–Crippen MR) is 72.3 cm³/mol. The van der Waals surface area contributed by atoms with Crippen molar-refractivity contribution in [3.8, 4) is 11.1 Å². The van der Waals surface area contributed by atoms with E-state index in [-0.39, 0.29) is 0 Å². The lowest BCUT2D eigenvalue weighted by atomic mass is 10.1. The fourth-order valence-electron chi connectivity index (χ4n) is 1.80. The van der Waals surface area contributed by atoms with Gasteiger partial charge in [-0.3, -0.25) is 0 Å². The van der Waals surface area contributed by atoms with Crippen LogP contribution in [0.3, 0.4) is 0 Å². The molecule has 0 atom stereocenters. The molecule has 0 spiro atoms. The first kappa shape index (κ1) is 11.6. The summed E-state index contributed by atoms with van der Waals surface area (Å²) in [6.45, 7) is 0.744. The maximum atomic E-state index is 6.14. The molecule has 4 heteroatoms. The van der Waals surface area contributed by atoms with Gasteiger partial charge in [0.1, 0.15) is 5.82 Å². The van der Waals surface area contributed by atoms with Gasteiger partial charge < -0.3 is 5.32 Å². The van der Waals surface area contributed by atoms with Crippen LogP contribution < -0.4 is 5.32 Å². The van der Waals surface area contributed by atoms with Crippen LogP contribution in [0.2, 0.25) is 5.02 Å². The van der Waals surface area contributed by atoms with Crippen molar-refractivity contribution in [2.45, 2.75) is 25.4 Å². The number of aromatic nitrogens is 2. The van der Waals surface area contributed by atoms with E-state index in [9.17, 15) is 0 Å². The van der Waals surface area contributed by atoms with Crippen LogP contribution in [0, 0.1) is 0 Å². The van der Waals surface area contributed by atoms with Gasteiger partial charge in [-0.05, 0) is 18.9 Å². The molecule has 92 valence electrons. The molecule has 1 fully saturated rings. The molecular weight excluding hydrogens is 246 g/mol. The minimum Gasteiger partial charge on any atom is -0.307 e. The van der Waals surface area contributed by atoms with Crippen molar-refractivity contribution in [2.75, 3.05) is 0 Å². The molecule has 1 saturated carbocycles. The smallest absolute Gasteiger partial charge is 0.141 e. The van der Waals surface area contributed by atoms with Gasteiger partial charge in [0.15, 0.2) is 0 Å². The first-order valence-electron chi connectivity index (χ1n) is 6.12. The number of halogens is 1. The third-order valence-corrected chi connectivity index (χ3v) is 3.35. The molecule has 2 aromatic rings. The number of hydrogen-bond donors (Lipinski definition) is 1. The van der Waals surface area contributed by atoms with E-state index in [1.807, 2.05) is 36.7 Å². The summed E-state index contributed by atoms with van der Waals surface area (Å²) in [6, 6.07) is 8.41. The maximum Gasteiger partial charge on any atom is 0.141 e. The second-order valence-corrected chi connectivity index (χ2v) is 4.93. The second-order valence-electron chi connectivity index (χ2n) is 4.52. The normalized spacial score (nSPS) is 14.7. The highest BCUT2D eigenvalue weighted by Crippen LogP contribution is 2.26. The molecule has 0 saturated heterocycles. The average molecular weight is 260 g/mol. The quantitative estimate of drug-likeness (QED) is 0.917.